The van der Waals surface area contributed by atoms with Gasteiger partial charge in [-0.05, 0) is 36.8 Å². The van der Waals surface area contributed by atoms with Crippen molar-refractivity contribution in [2.45, 2.75) is 12.8 Å². The number of nitrogens with one attached hydrogen (secondary N) is 1. The second kappa shape index (κ2) is 5.90. The summed E-state index contributed by atoms with van der Waals surface area (Å²) in [7, 11) is 0. The number of rotatable bonds is 4. The maximum Gasteiger partial charge on any atom is 0.258 e. The molecule has 4 aromatic rings. The highest BCUT2D eigenvalue weighted by Gasteiger charge is 2.13. The van der Waals surface area contributed by atoms with Gasteiger partial charge in [-0.15, -0.1) is 0 Å². The van der Waals surface area contributed by atoms with Crippen molar-refractivity contribution >= 4 is 21.9 Å². The summed E-state index contributed by atoms with van der Waals surface area (Å²) in [5.41, 5.74) is 3.23. The zero-order chi connectivity index (χ0) is 16.5. The minimum absolute atomic E-state index is 0.116. The molecule has 4 rings (SSSR count). The largest absolute Gasteiger partial charge is 0.396 e. The fraction of sp³-hybridized carbons (Fsp3) is 0.167. The van der Waals surface area contributed by atoms with Crippen LogP contribution in [0.3, 0.4) is 0 Å². The van der Waals surface area contributed by atoms with E-state index < -0.39 is 0 Å². The summed E-state index contributed by atoms with van der Waals surface area (Å²) in [4.78, 5) is 23.5. The Morgan fingerprint density at radius 1 is 1.12 bits per heavy atom. The van der Waals surface area contributed by atoms with E-state index in [1.807, 2.05) is 47.0 Å². The highest BCUT2D eigenvalue weighted by molar-refractivity contribution is 5.83. The summed E-state index contributed by atoms with van der Waals surface area (Å²) in [5.74, 6) is 0.866. The lowest BCUT2D eigenvalue weighted by Crippen LogP contribution is -2.08. The van der Waals surface area contributed by atoms with Gasteiger partial charge in [-0.25, -0.2) is 9.97 Å². The average molecular weight is 320 g/mol. The molecule has 0 saturated carbocycles. The monoisotopic (exact) mass is 320 g/mol. The number of hydrogen-bond donors (Lipinski definition) is 2. The smallest absolute Gasteiger partial charge is 0.258 e. The Balaban J connectivity index is 1.98. The molecule has 0 atom stereocenters. The first-order valence-corrected chi connectivity index (χ1v) is 7.83. The lowest BCUT2D eigenvalue weighted by molar-refractivity contribution is 0.287. The number of aliphatic hydroxyl groups excluding tert-OH is 1. The van der Waals surface area contributed by atoms with Crippen molar-refractivity contribution in [1.29, 1.82) is 0 Å². The van der Waals surface area contributed by atoms with Crippen LogP contribution in [0.4, 0.5) is 0 Å². The van der Waals surface area contributed by atoms with Gasteiger partial charge in [-0.3, -0.25) is 9.36 Å². The van der Waals surface area contributed by atoms with Gasteiger partial charge in [0.15, 0.2) is 0 Å². The number of benzene rings is 2. The quantitative estimate of drug-likeness (QED) is 0.604. The molecule has 6 heteroatoms. The van der Waals surface area contributed by atoms with Gasteiger partial charge >= 0.3 is 0 Å². The fourth-order valence-corrected chi connectivity index (χ4v) is 2.96. The molecule has 0 spiro atoms. The second-order valence-corrected chi connectivity index (χ2v) is 5.61. The molecule has 2 heterocycles. The number of hydrogen-bond acceptors (Lipinski definition) is 4. The molecule has 0 bridgehead atoms. The minimum Gasteiger partial charge on any atom is -0.396 e. The van der Waals surface area contributed by atoms with Gasteiger partial charge in [0.25, 0.3) is 5.56 Å². The Kier molecular flexibility index (Phi) is 3.59. The first-order chi connectivity index (χ1) is 11.8. The summed E-state index contributed by atoms with van der Waals surface area (Å²) in [6, 6.07) is 13.5. The van der Waals surface area contributed by atoms with Crippen LogP contribution in [0.5, 0.6) is 0 Å². The third-order valence-corrected chi connectivity index (χ3v) is 4.07. The van der Waals surface area contributed by atoms with Crippen molar-refractivity contribution in [2.75, 3.05) is 6.61 Å². The van der Waals surface area contributed by atoms with Crippen molar-refractivity contribution in [3.63, 3.8) is 0 Å². The van der Waals surface area contributed by atoms with E-state index in [0.29, 0.717) is 23.7 Å². The fourth-order valence-electron chi connectivity index (χ4n) is 2.96. The average Bonchev–Trinajstić information content (AvgIpc) is 2.98. The normalized spacial score (nSPS) is 11.4. The van der Waals surface area contributed by atoms with E-state index in [1.54, 1.807) is 0 Å². The summed E-state index contributed by atoms with van der Waals surface area (Å²) in [6.07, 6.45) is 2.70. The van der Waals surface area contributed by atoms with Gasteiger partial charge in [0.2, 0.25) is 0 Å². The summed E-state index contributed by atoms with van der Waals surface area (Å²) in [5, 5.41) is 9.69. The van der Waals surface area contributed by atoms with E-state index in [4.69, 9.17) is 5.11 Å². The van der Waals surface area contributed by atoms with Crippen molar-refractivity contribution in [3.05, 3.63) is 65.0 Å². The molecule has 2 aromatic heterocycles. The van der Waals surface area contributed by atoms with E-state index in [9.17, 15) is 4.79 Å². The van der Waals surface area contributed by atoms with Crippen LogP contribution in [0, 0.1) is 0 Å². The van der Waals surface area contributed by atoms with E-state index in [0.717, 1.165) is 22.5 Å². The van der Waals surface area contributed by atoms with Crippen molar-refractivity contribution in [1.82, 2.24) is 19.5 Å². The molecular formula is C18H16N4O2. The SMILES string of the molecule is O=c1[nH]cnc2ccc(-n3c(CCCO)nc4ccccc43)cc12. The molecule has 6 nitrogen and oxygen atoms in total. The van der Waals surface area contributed by atoms with Gasteiger partial charge < -0.3 is 10.1 Å². The van der Waals surface area contributed by atoms with Crippen molar-refractivity contribution in [2.24, 2.45) is 0 Å². The van der Waals surface area contributed by atoms with E-state index in [-0.39, 0.29) is 12.2 Å². The molecule has 0 radical (unpaired) electrons. The van der Waals surface area contributed by atoms with E-state index >= 15 is 0 Å². The molecule has 120 valence electrons. The first-order valence-electron chi connectivity index (χ1n) is 7.83. The predicted octanol–water partition coefficient (Wildman–Crippen LogP) is 2.19. The van der Waals surface area contributed by atoms with Gasteiger partial charge in [0.1, 0.15) is 5.82 Å². The molecular weight excluding hydrogens is 304 g/mol. The van der Waals surface area contributed by atoms with Crippen LogP contribution < -0.4 is 5.56 Å². The van der Waals surface area contributed by atoms with E-state index in [2.05, 4.69) is 15.0 Å². The lowest BCUT2D eigenvalue weighted by Gasteiger charge is -2.10. The Morgan fingerprint density at radius 3 is 2.88 bits per heavy atom. The molecule has 0 aliphatic carbocycles. The number of imidazole rings is 1. The molecule has 0 unspecified atom stereocenters. The Labute approximate surface area is 137 Å². The van der Waals surface area contributed by atoms with Crippen molar-refractivity contribution < 1.29 is 5.11 Å². The number of para-hydroxylation sites is 2. The molecule has 24 heavy (non-hydrogen) atoms. The lowest BCUT2D eigenvalue weighted by atomic mass is 10.2. The standard InChI is InChI=1S/C18H16N4O2/c23-9-3-6-17-21-15-4-1-2-5-16(15)22(17)12-7-8-14-13(10-12)18(24)20-11-19-14/h1-2,4-5,7-8,10-11,23H,3,6,9H2,(H,19,20,24). The van der Waals surface area contributed by atoms with Crippen LogP contribution in [-0.4, -0.2) is 31.2 Å². The van der Waals surface area contributed by atoms with Gasteiger partial charge in [-0.2, -0.15) is 0 Å². The zero-order valence-corrected chi connectivity index (χ0v) is 12.9. The van der Waals surface area contributed by atoms with Crippen LogP contribution in [0.25, 0.3) is 27.6 Å². The molecule has 0 amide bonds. The van der Waals surface area contributed by atoms with Crippen LogP contribution in [0.2, 0.25) is 0 Å². The Hall–Kier alpha value is -2.99. The van der Waals surface area contributed by atoms with Gasteiger partial charge in [0.05, 0.1) is 28.3 Å². The number of aliphatic hydroxyl groups is 1. The van der Waals surface area contributed by atoms with Crippen molar-refractivity contribution in [3.8, 4) is 5.69 Å². The second-order valence-electron chi connectivity index (χ2n) is 5.61. The number of H-pyrrole nitrogens is 1. The molecule has 0 aliphatic heterocycles. The Bertz CT molecular complexity index is 1080. The predicted molar refractivity (Wildman–Crippen MR) is 92.4 cm³/mol. The van der Waals surface area contributed by atoms with Crippen LogP contribution in [-0.2, 0) is 6.42 Å². The zero-order valence-electron chi connectivity index (χ0n) is 12.9. The minimum atomic E-state index is -0.164. The molecule has 0 fully saturated rings. The third-order valence-electron chi connectivity index (χ3n) is 4.07. The highest BCUT2D eigenvalue weighted by atomic mass is 16.2. The topological polar surface area (TPSA) is 83.8 Å². The summed E-state index contributed by atoms with van der Waals surface area (Å²) in [6.45, 7) is 0.116. The van der Waals surface area contributed by atoms with Crippen LogP contribution in [0.1, 0.15) is 12.2 Å². The third kappa shape index (κ3) is 2.37. The molecule has 2 N–H and O–H groups in total. The summed E-state index contributed by atoms with van der Waals surface area (Å²) < 4.78 is 2.04. The number of fused-ring (bicyclic) bond motifs is 2. The molecule has 2 aromatic carbocycles. The molecule has 0 saturated heterocycles. The van der Waals surface area contributed by atoms with Crippen LogP contribution in [0.15, 0.2) is 53.6 Å². The van der Waals surface area contributed by atoms with Gasteiger partial charge in [0, 0.05) is 18.7 Å². The highest BCUT2D eigenvalue weighted by Crippen LogP contribution is 2.23. The number of nitrogens with zero attached hydrogens (tertiary/aromatic N) is 3. The summed E-state index contributed by atoms with van der Waals surface area (Å²) >= 11 is 0. The van der Waals surface area contributed by atoms with Crippen LogP contribution >= 0.6 is 0 Å². The number of aryl methyl sites for hydroxylation is 1. The number of aromatic amines is 1. The number of aromatic nitrogens is 4. The van der Waals surface area contributed by atoms with Gasteiger partial charge in [-0.1, -0.05) is 12.1 Å². The molecule has 0 aliphatic rings. The Morgan fingerprint density at radius 2 is 2.00 bits per heavy atom. The first kappa shape index (κ1) is 14.6. The maximum atomic E-state index is 12.1. The maximum absolute atomic E-state index is 12.1. The van der Waals surface area contributed by atoms with E-state index in [1.165, 1.54) is 6.33 Å².